The summed E-state index contributed by atoms with van der Waals surface area (Å²) in [5, 5.41) is 0. The minimum Gasteiger partial charge on any atom is -0.469 e. The molecule has 0 bridgehead atoms. The zero-order valence-corrected chi connectivity index (χ0v) is 17.3. The second-order valence-corrected chi connectivity index (χ2v) is 6.70. The molecule has 0 saturated heterocycles. The minimum absolute atomic E-state index is 0.248. The molecular weight excluding hydrogens is 332 g/mol. The van der Waals surface area contributed by atoms with Crippen LogP contribution in [0.3, 0.4) is 0 Å². The number of carbonyl (C=O) groups is 1. The minimum atomic E-state index is -0.248. The maximum absolute atomic E-state index is 10.9. The lowest BCUT2D eigenvalue weighted by atomic mass is 10.1. The van der Waals surface area contributed by atoms with Crippen LogP contribution in [-0.4, -0.2) is 52.7 Å². The Morgan fingerprint density at radius 1 is 0.577 bits per heavy atom. The molecule has 0 spiro atoms. The van der Waals surface area contributed by atoms with Crippen LogP contribution in [-0.2, 0) is 23.7 Å². The van der Waals surface area contributed by atoms with Crippen LogP contribution in [0.2, 0.25) is 0 Å². The van der Waals surface area contributed by atoms with Crippen LogP contribution in [0, 0.1) is 0 Å². The van der Waals surface area contributed by atoms with Gasteiger partial charge in [0.25, 0.3) is 0 Å². The third-order valence-electron chi connectivity index (χ3n) is 4.31. The van der Waals surface area contributed by atoms with Gasteiger partial charge in [-0.25, -0.2) is 0 Å². The van der Waals surface area contributed by atoms with Gasteiger partial charge in [0.05, 0.1) is 46.6 Å². The molecule has 0 aromatic rings. The van der Waals surface area contributed by atoms with Crippen molar-refractivity contribution in [1.29, 1.82) is 0 Å². The second kappa shape index (κ2) is 22.4. The zero-order chi connectivity index (χ0) is 19.1. The predicted octanol–water partition coefficient (Wildman–Crippen LogP) is 4.91. The van der Waals surface area contributed by atoms with Crippen molar-refractivity contribution in [2.24, 2.45) is 0 Å². The number of hydrogen-bond acceptors (Lipinski definition) is 5. The van der Waals surface area contributed by atoms with Gasteiger partial charge in [-0.3, -0.25) is 4.79 Å². The van der Waals surface area contributed by atoms with E-state index in [0.717, 1.165) is 13.0 Å². The largest absolute Gasteiger partial charge is 0.469 e. The second-order valence-electron chi connectivity index (χ2n) is 6.70. The molecule has 0 aliphatic heterocycles. The molecule has 0 rings (SSSR count). The van der Waals surface area contributed by atoms with Crippen molar-refractivity contribution in [2.75, 3.05) is 46.8 Å². The van der Waals surface area contributed by atoms with Gasteiger partial charge < -0.3 is 18.9 Å². The van der Waals surface area contributed by atoms with Crippen LogP contribution in [0.25, 0.3) is 0 Å². The Bertz CT molecular complexity index is 284. The number of carbonyl (C=O) groups excluding carboxylic acids is 1. The molecule has 5 nitrogen and oxygen atoms in total. The van der Waals surface area contributed by atoms with Crippen LogP contribution < -0.4 is 0 Å². The Labute approximate surface area is 161 Å². The molecule has 0 aliphatic rings. The molecule has 0 atom stereocenters. The highest BCUT2D eigenvalue weighted by Gasteiger charge is 1.99. The maximum Gasteiger partial charge on any atom is 0.307 e. The van der Waals surface area contributed by atoms with Crippen molar-refractivity contribution in [3.8, 4) is 0 Å². The number of hydrogen-bond donors (Lipinski definition) is 0. The average molecular weight is 375 g/mol. The van der Waals surface area contributed by atoms with E-state index in [-0.39, 0.29) is 5.97 Å². The van der Waals surface area contributed by atoms with Crippen molar-refractivity contribution >= 4 is 5.97 Å². The van der Waals surface area contributed by atoms with E-state index in [1.54, 1.807) is 0 Å². The molecule has 156 valence electrons. The lowest BCUT2D eigenvalue weighted by Gasteiger charge is -2.07. The van der Waals surface area contributed by atoms with E-state index in [4.69, 9.17) is 14.2 Å². The first kappa shape index (κ1) is 25.4. The van der Waals surface area contributed by atoms with Crippen LogP contribution in [0.15, 0.2) is 0 Å². The van der Waals surface area contributed by atoms with E-state index in [0.29, 0.717) is 39.5 Å². The van der Waals surface area contributed by atoms with Crippen molar-refractivity contribution in [1.82, 2.24) is 0 Å². The summed E-state index contributed by atoms with van der Waals surface area (Å²) in [6, 6.07) is 0. The number of unbranched alkanes of at least 4 members (excludes halogenated alkanes) is 10. The van der Waals surface area contributed by atoms with Crippen molar-refractivity contribution in [3.05, 3.63) is 0 Å². The Morgan fingerprint density at radius 3 is 1.50 bits per heavy atom. The van der Waals surface area contributed by atoms with Gasteiger partial charge in [-0.2, -0.15) is 0 Å². The van der Waals surface area contributed by atoms with E-state index in [1.807, 2.05) is 0 Å². The molecule has 0 unspecified atom stereocenters. The molecule has 0 heterocycles. The first-order valence-electron chi connectivity index (χ1n) is 10.6. The standard InChI is InChI=1S/C21H42O5/c1-3-4-5-6-7-8-9-10-11-12-13-15-24-17-19-26-20-18-25-16-14-21(22)23-2/h3-20H2,1-2H3. The molecule has 0 saturated carbocycles. The average Bonchev–Trinajstić information content (AvgIpc) is 2.66. The van der Waals surface area contributed by atoms with Crippen LogP contribution >= 0.6 is 0 Å². The fourth-order valence-corrected chi connectivity index (χ4v) is 2.67. The van der Waals surface area contributed by atoms with Gasteiger partial charge in [0.2, 0.25) is 0 Å². The topological polar surface area (TPSA) is 54.0 Å². The van der Waals surface area contributed by atoms with E-state index in [1.165, 1.54) is 71.3 Å². The third kappa shape index (κ3) is 21.4. The lowest BCUT2D eigenvalue weighted by molar-refractivity contribution is -0.141. The van der Waals surface area contributed by atoms with Gasteiger partial charge >= 0.3 is 5.97 Å². The Balaban J connectivity index is 3.00. The zero-order valence-electron chi connectivity index (χ0n) is 17.3. The Morgan fingerprint density at radius 2 is 1.00 bits per heavy atom. The molecule has 0 aromatic heterocycles. The number of ether oxygens (including phenoxy) is 4. The fraction of sp³-hybridized carbons (Fsp3) is 0.952. The summed E-state index contributed by atoms with van der Waals surface area (Å²) in [5.74, 6) is -0.248. The normalized spacial score (nSPS) is 11.0. The summed E-state index contributed by atoms with van der Waals surface area (Å²) in [4.78, 5) is 10.9. The van der Waals surface area contributed by atoms with Crippen LogP contribution in [0.1, 0.15) is 84.0 Å². The summed E-state index contributed by atoms with van der Waals surface area (Å²) in [7, 11) is 1.38. The highest BCUT2D eigenvalue weighted by Crippen LogP contribution is 2.11. The quantitative estimate of drug-likeness (QED) is 0.211. The fourth-order valence-electron chi connectivity index (χ4n) is 2.67. The molecule has 0 radical (unpaired) electrons. The van der Waals surface area contributed by atoms with Crippen LogP contribution in [0.5, 0.6) is 0 Å². The van der Waals surface area contributed by atoms with Gasteiger partial charge in [0, 0.05) is 6.61 Å². The summed E-state index contributed by atoms with van der Waals surface area (Å²) >= 11 is 0. The molecule has 0 fully saturated rings. The molecule has 0 N–H and O–H groups in total. The smallest absolute Gasteiger partial charge is 0.307 e. The monoisotopic (exact) mass is 374 g/mol. The molecule has 0 aromatic carbocycles. The van der Waals surface area contributed by atoms with Crippen molar-refractivity contribution in [2.45, 2.75) is 84.0 Å². The molecule has 26 heavy (non-hydrogen) atoms. The first-order valence-corrected chi connectivity index (χ1v) is 10.6. The van der Waals surface area contributed by atoms with Gasteiger partial charge in [0.15, 0.2) is 0 Å². The molecular formula is C21H42O5. The van der Waals surface area contributed by atoms with E-state index in [2.05, 4.69) is 11.7 Å². The SMILES string of the molecule is CCCCCCCCCCCCCOCCOCCOCCC(=O)OC. The number of rotatable bonds is 21. The molecule has 0 amide bonds. The predicted molar refractivity (Wildman–Crippen MR) is 106 cm³/mol. The number of methoxy groups -OCH3 is 1. The van der Waals surface area contributed by atoms with E-state index < -0.39 is 0 Å². The summed E-state index contributed by atoms with van der Waals surface area (Å²) in [6.07, 6.45) is 15.2. The molecule has 5 heteroatoms. The van der Waals surface area contributed by atoms with Gasteiger partial charge in [-0.15, -0.1) is 0 Å². The van der Waals surface area contributed by atoms with Crippen molar-refractivity contribution in [3.63, 3.8) is 0 Å². The van der Waals surface area contributed by atoms with Gasteiger partial charge in [-0.05, 0) is 6.42 Å². The van der Waals surface area contributed by atoms with Crippen LogP contribution in [0.4, 0.5) is 0 Å². The maximum atomic E-state index is 10.9. The summed E-state index contributed by atoms with van der Waals surface area (Å²) < 4.78 is 20.8. The summed E-state index contributed by atoms with van der Waals surface area (Å²) in [5.41, 5.74) is 0. The lowest BCUT2D eigenvalue weighted by Crippen LogP contribution is -2.12. The summed E-state index contributed by atoms with van der Waals surface area (Å²) in [6.45, 7) is 5.74. The first-order chi connectivity index (χ1) is 12.8. The third-order valence-corrected chi connectivity index (χ3v) is 4.31. The number of esters is 1. The van der Waals surface area contributed by atoms with Crippen molar-refractivity contribution < 1.29 is 23.7 Å². The highest BCUT2D eigenvalue weighted by molar-refractivity contribution is 5.69. The van der Waals surface area contributed by atoms with E-state index >= 15 is 0 Å². The molecule has 0 aliphatic carbocycles. The van der Waals surface area contributed by atoms with Gasteiger partial charge in [0.1, 0.15) is 0 Å². The Kier molecular flexibility index (Phi) is 21.8. The Hall–Kier alpha value is -0.650. The van der Waals surface area contributed by atoms with E-state index in [9.17, 15) is 4.79 Å². The van der Waals surface area contributed by atoms with Gasteiger partial charge in [-0.1, -0.05) is 71.1 Å². The highest BCUT2D eigenvalue weighted by atomic mass is 16.5.